The molecule has 1 aromatic rings. The molecule has 4 heteroatoms. The molecule has 4 bridgehead atoms. The largest absolute Gasteiger partial charge is 0.337 e. The van der Waals surface area contributed by atoms with Crippen molar-refractivity contribution in [1.29, 1.82) is 0 Å². The average Bonchev–Trinajstić information content (AvgIpc) is 2.46. The third-order valence-corrected chi connectivity index (χ3v) is 5.94. The van der Waals surface area contributed by atoms with E-state index in [0.29, 0.717) is 11.2 Å². The monoisotopic (exact) mass is 299 g/mol. The van der Waals surface area contributed by atoms with Gasteiger partial charge in [0.25, 0.3) is 0 Å². The average molecular weight is 299 g/mol. The summed E-state index contributed by atoms with van der Waals surface area (Å²) in [6, 6.07) is 3.69. The Balaban J connectivity index is 1.34. The summed E-state index contributed by atoms with van der Waals surface area (Å²) >= 11 is 0. The van der Waals surface area contributed by atoms with Crippen LogP contribution in [0.4, 0.5) is 10.6 Å². The first-order valence-electron chi connectivity index (χ1n) is 8.58. The van der Waals surface area contributed by atoms with Crippen LogP contribution < -0.4 is 10.6 Å². The van der Waals surface area contributed by atoms with E-state index < -0.39 is 0 Å². The van der Waals surface area contributed by atoms with Gasteiger partial charge in [-0.1, -0.05) is 6.07 Å². The fourth-order valence-electron chi connectivity index (χ4n) is 5.48. The van der Waals surface area contributed by atoms with Gasteiger partial charge in [0.15, 0.2) is 0 Å². The van der Waals surface area contributed by atoms with Crippen molar-refractivity contribution >= 4 is 11.8 Å². The number of carbonyl (C=O) groups is 1. The van der Waals surface area contributed by atoms with Gasteiger partial charge in [-0.15, -0.1) is 0 Å². The van der Waals surface area contributed by atoms with Crippen LogP contribution >= 0.6 is 0 Å². The molecule has 4 aliphatic carbocycles. The molecule has 0 radical (unpaired) electrons. The Bertz CT molecular complexity index is 531. The van der Waals surface area contributed by atoms with Crippen LogP contribution in [0.15, 0.2) is 18.3 Å². The van der Waals surface area contributed by atoms with Crippen molar-refractivity contribution in [3.05, 3.63) is 23.9 Å². The maximum Gasteiger partial charge on any atom is 0.320 e. The van der Waals surface area contributed by atoms with E-state index in [-0.39, 0.29) is 6.03 Å². The lowest BCUT2D eigenvalue weighted by Gasteiger charge is -2.56. The number of amides is 2. The minimum absolute atomic E-state index is 0.118. The summed E-state index contributed by atoms with van der Waals surface area (Å²) in [5, 5.41) is 5.95. The molecular formula is C18H25N3O. The summed E-state index contributed by atoms with van der Waals surface area (Å²) in [6.45, 7) is 2.82. The van der Waals surface area contributed by atoms with Crippen molar-refractivity contribution in [3.63, 3.8) is 0 Å². The van der Waals surface area contributed by atoms with Gasteiger partial charge in [-0.25, -0.2) is 9.78 Å². The molecule has 1 aromatic heterocycles. The molecule has 0 unspecified atom stereocenters. The standard InChI is InChI=1S/C18H25N3O/c1-12-2-3-16(19-10-12)21-17(22)20-11-18-7-13-4-14(8-18)6-15(5-13)9-18/h2-3,10,13-15H,4-9,11H2,1H3,(H2,19,20,21,22). The fourth-order valence-corrected chi connectivity index (χ4v) is 5.48. The summed E-state index contributed by atoms with van der Waals surface area (Å²) in [7, 11) is 0. The molecule has 0 spiro atoms. The van der Waals surface area contributed by atoms with E-state index in [0.717, 1.165) is 29.9 Å². The van der Waals surface area contributed by atoms with Gasteiger partial charge < -0.3 is 5.32 Å². The molecule has 2 amide bonds. The normalized spacial score (nSPS) is 35.4. The lowest BCUT2D eigenvalue weighted by molar-refractivity contribution is -0.0496. The number of hydrogen-bond donors (Lipinski definition) is 2. The lowest BCUT2D eigenvalue weighted by Crippen LogP contribution is -2.51. The Morgan fingerprint density at radius 2 is 1.82 bits per heavy atom. The maximum atomic E-state index is 12.1. The molecular weight excluding hydrogens is 274 g/mol. The highest BCUT2D eigenvalue weighted by molar-refractivity contribution is 5.88. The van der Waals surface area contributed by atoms with Crippen LogP contribution in [0, 0.1) is 30.1 Å². The van der Waals surface area contributed by atoms with Crippen LogP contribution in [-0.4, -0.2) is 17.6 Å². The third kappa shape index (κ3) is 2.71. The number of aromatic nitrogens is 1. The second-order valence-corrected chi connectivity index (χ2v) is 7.95. The first-order valence-corrected chi connectivity index (χ1v) is 8.58. The van der Waals surface area contributed by atoms with Gasteiger partial charge in [0, 0.05) is 12.7 Å². The lowest BCUT2D eigenvalue weighted by atomic mass is 9.49. The Morgan fingerprint density at radius 1 is 1.18 bits per heavy atom. The van der Waals surface area contributed by atoms with Gasteiger partial charge in [0.2, 0.25) is 0 Å². The molecule has 2 N–H and O–H groups in total. The van der Waals surface area contributed by atoms with E-state index in [1.165, 1.54) is 38.5 Å². The Morgan fingerprint density at radius 3 is 2.36 bits per heavy atom. The van der Waals surface area contributed by atoms with E-state index in [1.807, 2.05) is 19.1 Å². The molecule has 0 atom stereocenters. The van der Waals surface area contributed by atoms with Crippen molar-refractivity contribution in [2.24, 2.45) is 23.2 Å². The van der Waals surface area contributed by atoms with Crippen molar-refractivity contribution in [3.8, 4) is 0 Å². The van der Waals surface area contributed by atoms with Crippen molar-refractivity contribution in [1.82, 2.24) is 10.3 Å². The van der Waals surface area contributed by atoms with Crippen LogP contribution in [-0.2, 0) is 0 Å². The van der Waals surface area contributed by atoms with Crippen molar-refractivity contribution in [2.75, 3.05) is 11.9 Å². The molecule has 5 rings (SSSR count). The van der Waals surface area contributed by atoms with Crippen molar-refractivity contribution in [2.45, 2.75) is 45.4 Å². The van der Waals surface area contributed by atoms with Gasteiger partial charge in [-0.05, 0) is 80.2 Å². The summed E-state index contributed by atoms with van der Waals surface area (Å²) in [5.41, 5.74) is 1.48. The summed E-state index contributed by atoms with van der Waals surface area (Å²) < 4.78 is 0. The van der Waals surface area contributed by atoms with E-state index in [4.69, 9.17) is 0 Å². The molecule has 22 heavy (non-hydrogen) atoms. The summed E-state index contributed by atoms with van der Waals surface area (Å²) in [4.78, 5) is 16.3. The van der Waals surface area contributed by atoms with Crippen LogP contribution in [0.5, 0.6) is 0 Å². The quantitative estimate of drug-likeness (QED) is 0.893. The zero-order valence-corrected chi connectivity index (χ0v) is 13.3. The number of pyridine rings is 1. The number of rotatable bonds is 3. The minimum Gasteiger partial charge on any atom is -0.337 e. The number of nitrogens with zero attached hydrogens (tertiary/aromatic N) is 1. The first-order chi connectivity index (χ1) is 10.6. The smallest absolute Gasteiger partial charge is 0.320 e. The van der Waals surface area contributed by atoms with E-state index in [9.17, 15) is 4.79 Å². The predicted octanol–water partition coefficient (Wildman–Crippen LogP) is 3.73. The number of urea groups is 1. The van der Waals surface area contributed by atoms with Gasteiger partial charge in [0.1, 0.15) is 5.82 Å². The van der Waals surface area contributed by atoms with E-state index in [1.54, 1.807) is 6.20 Å². The van der Waals surface area contributed by atoms with E-state index in [2.05, 4.69) is 15.6 Å². The molecule has 0 aromatic carbocycles. The van der Waals surface area contributed by atoms with Crippen LogP contribution in [0.25, 0.3) is 0 Å². The number of anilines is 1. The van der Waals surface area contributed by atoms with Gasteiger partial charge in [0.05, 0.1) is 0 Å². The predicted molar refractivity (Wildman–Crippen MR) is 86.6 cm³/mol. The van der Waals surface area contributed by atoms with Gasteiger partial charge >= 0.3 is 6.03 Å². The van der Waals surface area contributed by atoms with E-state index >= 15 is 0 Å². The second kappa shape index (κ2) is 5.25. The Hall–Kier alpha value is -1.58. The number of hydrogen-bond acceptors (Lipinski definition) is 2. The second-order valence-electron chi connectivity index (χ2n) is 7.95. The molecule has 4 aliphatic rings. The van der Waals surface area contributed by atoms with Gasteiger partial charge in [-0.3, -0.25) is 5.32 Å². The SMILES string of the molecule is Cc1ccc(NC(=O)NCC23CC4CC(CC(C4)C2)C3)nc1. The zero-order valence-electron chi connectivity index (χ0n) is 13.3. The fraction of sp³-hybridized carbons (Fsp3) is 0.667. The van der Waals surface area contributed by atoms with Crippen LogP contribution in [0.1, 0.15) is 44.1 Å². The molecule has 4 fully saturated rings. The highest BCUT2D eigenvalue weighted by atomic mass is 16.2. The molecule has 0 saturated heterocycles. The van der Waals surface area contributed by atoms with Crippen LogP contribution in [0.3, 0.4) is 0 Å². The highest BCUT2D eigenvalue weighted by Crippen LogP contribution is 2.59. The minimum atomic E-state index is -0.118. The van der Waals surface area contributed by atoms with Crippen molar-refractivity contribution < 1.29 is 4.79 Å². The zero-order chi connectivity index (χ0) is 15.2. The Kier molecular flexibility index (Phi) is 3.35. The first kappa shape index (κ1) is 14.0. The molecule has 4 nitrogen and oxygen atoms in total. The van der Waals surface area contributed by atoms with Gasteiger partial charge in [-0.2, -0.15) is 0 Å². The Labute approximate surface area is 132 Å². The topological polar surface area (TPSA) is 54.0 Å². The molecule has 118 valence electrons. The maximum absolute atomic E-state index is 12.1. The molecule has 4 saturated carbocycles. The van der Waals surface area contributed by atoms with Crippen LogP contribution in [0.2, 0.25) is 0 Å². The number of aryl methyl sites for hydroxylation is 1. The molecule has 0 aliphatic heterocycles. The number of carbonyl (C=O) groups excluding carboxylic acids is 1. The number of nitrogens with one attached hydrogen (secondary N) is 2. The highest BCUT2D eigenvalue weighted by Gasteiger charge is 2.50. The summed E-state index contributed by atoms with van der Waals surface area (Å²) in [6.07, 6.45) is 10.1. The molecule has 1 heterocycles. The summed E-state index contributed by atoms with van der Waals surface area (Å²) in [5.74, 6) is 3.40. The third-order valence-electron chi connectivity index (χ3n) is 5.94.